The molecule has 3 rings (SSSR count). The first kappa shape index (κ1) is 26.2. The molecule has 1 N–H and O–H groups in total. The Kier molecular flexibility index (Phi) is 8.94. The van der Waals surface area contributed by atoms with Crippen molar-refractivity contribution < 1.29 is 24.0 Å². The minimum atomic E-state index is -0.889. The number of carbonyl (C=O) groups is 2. The molecule has 1 heterocycles. The molecule has 1 aliphatic heterocycles. The van der Waals surface area contributed by atoms with Gasteiger partial charge in [-0.2, -0.15) is 0 Å². The van der Waals surface area contributed by atoms with Gasteiger partial charge in [0.25, 0.3) is 5.69 Å². The van der Waals surface area contributed by atoms with Gasteiger partial charge in [-0.25, -0.2) is 9.59 Å². The van der Waals surface area contributed by atoms with Crippen molar-refractivity contribution in [3.63, 3.8) is 0 Å². The highest BCUT2D eigenvalue weighted by Crippen LogP contribution is 2.40. The van der Waals surface area contributed by atoms with Crippen molar-refractivity contribution in [3.8, 4) is 0 Å². The Morgan fingerprint density at radius 3 is 2.28 bits per heavy atom. The van der Waals surface area contributed by atoms with Crippen LogP contribution in [0.15, 0.2) is 95.4 Å². The minimum absolute atomic E-state index is 0.00777. The van der Waals surface area contributed by atoms with Gasteiger partial charge in [-0.1, -0.05) is 60.7 Å². The molecule has 8 nitrogen and oxygen atoms in total. The van der Waals surface area contributed by atoms with Gasteiger partial charge in [0.05, 0.1) is 28.6 Å². The number of hydrogen-bond donors (Lipinski definition) is 1. The zero-order valence-electron chi connectivity index (χ0n) is 20.4. The van der Waals surface area contributed by atoms with Gasteiger partial charge in [0.1, 0.15) is 6.61 Å². The summed E-state index contributed by atoms with van der Waals surface area (Å²) in [7, 11) is 0. The molecular weight excluding hydrogens is 460 g/mol. The van der Waals surface area contributed by atoms with E-state index in [0.717, 1.165) is 5.56 Å². The van der Waals surface area contributed by atoms with Gasteiger partial charge in [0.2, 0.25) is 0 Å². The zero-order chi connectivity index (χ0) is 26.1. The third-order valence-corrected chi connectivity index (χ3v) is 5.54. The van der Waals surface area contributed by atoms with E-state index >= 15 is 0 Å². The van der Waals surface area contributed by atoms with Crippen molar-refractivity contribution in [1.29, 1.82) is 0 Å². The highest BCUT2D eigenvalue weighted by Gasteiger charge is 2.38. The number of nitrogens with one attached hydrogen (secondary N) is 1. The molecule has 0 spiro atoms. The number of rotatable bonds is 9. The number of nitrogens with zero attached hydrogens (tertiary/aromatic N) is 1. The van der Waals surface area contributed by atoms with Crippen molar-refractivity contribution in [2.45, 2.75) is 26.7 Å². The standard InChI is InChI=1S/C28H28N2O6/c1-4-35-27(31)24-19(2)29-20(3)25(26(24)22-15-11-16-23(18-22)30(33)34)28(32)36-17-10-6-9-14-21-12-7-5-8-13-21/h5-16,18,26,29H,4,17H2,1-3H3. The van der Waals surface area contributed by atoms with E-state index in [1.807, 2.05) is 42.5 Å². The fourth-order valence-corrected chi connectivity index (χ4v) is 3.96. The summed E-state index contributed by atoms with van der Waals surface area (Å²) in [5, 5.41) is 14.4. The van der Waals surface area contributed by atoms with Crippen molar-refractivity contribution in [3.05, 3.63) is 117 Å². The monoisotopic (exact) mass is 488 g/mol. The second-order valence-electron chi connectivity index (χ2n) is 8.00. The summed E-state index contributed by atoms with van der Waals surface area (Å²) in [6, 6.07) is 15.6. The fraction of sp³-hybridized carbons (Fsp3) is 0.214. The number of benzene rings is 2. The molecule has 8 heteroatoms. The summed E-state index contributed by atoms with van der Waals surface area (Å²) in [4.78, 5) is 37.0. The van der Waals surface area contributed by atoms with Crippen LogP contribution in [-0.2, 0) is 19.1 Å². The summed E-state index contributed by atoms with van der Waals surface area (Å²) in [5.41, 5.74) is 2.71. The molecule has 36 heavy (non-hydrogen) atoms. The summed E-state index contributed by atoms with van der Waals surface area (Å²) in [6.45, 7) is 5.23. The molecule has 2 aromatic carbocycles. The molecule has 0 radical (unpaired) electrons. The van der Waals surface area contributed by atoms with Crippen LogP contribution in [0.2, 0.25) is 0 Å². The van der Waals surface area contributed by atoms with Crippen LogP contribution in [0.3, 0.4) is 0 Å². The number of carbonyl (C=O) groups excluding carboxylic acids is 2. The smallest absolute Gasteiger partial charge is 0.337 e. The molecule has 1 unspecified atom stereocenters. The lowest BCUT2D eigenvalue weighted by atomic mass is 9.80. The minimum Gasteiger partial charge on any atom is -0.463 e. The highest BCUT2D eigenvalue weighted by molar-refractivity contribution is 6.00. The average Bonchev–Trinajstić information content (AvgIpc) is 2.86. The maximum absolute atomic E-state index is 13.2. The molecule has 1 atom stereocenters. The molecule has 0 fully saturated rings. The van der Waals surface area contributed by atoms with E-state index in [1.54, 1.807) is 39.0 Å². The first-order valence-corrected chi connectivity index (χ1v) is 11.5. The lowest BCUT2D eigenvalue weighted by Gasteiger charge is -2.30. The van der Waals surface area contributed by atoms with E-state index in [-0.39, 0.29) is 30.0 Å². The van der Waals surface area contributed by atoms with Gasteiger partial charge in [-0.3, -0.25) is 10.1 Å². The van der Waals surface area contributed by atoms with Crippen molar-refractivity contribution in [2.24, 2.45) is 0 Å². The van der Waals surface area contributed by atoms with Crippen molar-refractivity contribution in [2.75, 3.05) is 13.2 Å². The number of dihydropyridines is 1. The van der Waals surface area contributed by atoms with Crippen LogP contribution in [0.1, 0.15) is 37.8 Å². The van der Waals surface area contributed by atoms with Crippen LogP contribution in [0, 0.1) is 10.1 Å². The van der Waals surface area contributed by atoms with Gasteiger partial charge in [-0.15, -0.1) is 0 Å². The van der Waals surface area contributed by atoms with Crippen molar-refractivity contribution in [1.82, 2.24) is 5.32 Å². The Balaban J connectivity index is 1.87. The van der Waals surface area contributed by atoms with E-state index < -0.39 is 22.8 Å². The number of esters is 2. The van der Waals surface area contributed by atoms with Crippen LogP contribution < -0.4 is 5.32 Å². The number of nitro benzene ring substituents is 1. The third kappa shape index (κ3) is 6.35. The van der Waals surface area contributed by atoms with Gasteiger partial charge < -0.3 is 14.8 Å². The van der Waals surface area contributed by atoms with E-state index in [1.165, 1.54) is 18.2 Å². The van der Waals surface area contributed by atoms with Gasteiger partial charge in [0, 0.05) is 23.5 Å². The predicted octanol–water partition coefficient (Wildman–Crippen LogP) is 5.21. The molecule has 0 saturated carbocycles. The molecule has 1 aliphatic rings. The number of non-ortho nitro benzene ring substituents is 1. The topological polar surface area (TPSA) is 108 Å². The molecule has 0 amide bonds. The van der Waals surface area contributed by atoms with Crippen molar-refractivity contribution >= 4 is 23.7 Å². The first-order valence-electron chi connectivity index (χ1n) is 11.5. The van der Waals surface area contributed by atoms with E-state index in [0.29, 0.717) is 17.0 Å². The van der Waals surface area contributed by atoms with E-state index in [4.69, 9.17) is 9.47 Å². The molecule has 0 aromatic heterocycles. The zero-order valence-corrected chi connectivity index (χ0v) is 20.4. The molecule has 186 valence electrons. The van der Waals surface area contributed by atoms with Crippen LogP contribution in [-0.4, -0.2) is 30.1 Å². The van der Waals surface area contributed by atoms with Crippen LogP contribution in [0.5, 0.6) is 0 Å². The normalized spacial score (nSPS) is 15.8. The summed E-state index contributed by atoms with van der Waals surface area (Å²) in [6.07, 6.45) is 7.23. The number of nitro groups is 1. The summed E-state index contributed by atoms with van der Waals surface area (Å²) < 4.78 is 10.7. The van der Waals surface area contributed by atoms with Gasteiger partial charge in [-0.05, 0) is 38.0 Å². The Morgan fingerprint density at radius 2 is 1.64 bits per heavy atom. The second kappa shape index (κ2) is 12.3. The molecular formula is C28H28N2O6. The average molecular weight is 489 g/mol. The fourth-order valence-electron chi connectivity index (χ4n) is 3.96. The Hall–Kier alpha value is -4.46. The lowest BCUT2D eigenvalue weighted by Crippen LogP contribution is -2.32. The van der Waals surface area contributed by atoms with E-state index in [9.17, 15) is 19.7 Å². The van der Waals surface area contributed by atoms with Crippen LogP contribution >= 0.6 is 0 Å². The third-order valence-electron chi connectivity index (χ3n) is 5.54. The maximum atomic E-state index is 13.2. The Labute approximate surface area is 209 Å². The molecule has 0 saturated heterocycles. The SMILES string of the molecule is CCOC(=O)C1=C(C)NC(C)=C(C(=O)OCC=CC=Cc2ccccc2)C1c1cccc([N+](=O)[O-])c1. The van der Waals surface area contributed by atoms with E-state index in [2.05, 4.69) is 5.32 Å². The Bertz CT molecular complexity index is 1260. The maximum Gasteiger partial charge on any atom is 0.337 e. The highest BCUT2D eigenvalue weighted by atomic mass is 16.6. The van der Waals surface area contributed by atoms with Gasteiger partial charge in [0.15, 0.2) is 0 Å². The lowest BCUT2D eigenvalue weighted by molar-refractivity contribution is -0.384. The summed E-state index contributed by atoms with van der Waals surface area (Å²) in [5.74, 6) is -2.13. The quantitative estimate of drug-likeness (QED) is 0.224. The predicted molar refractivity (Wildman–Crippen MR) is 137 cm³/mol. The molecule has 0 bridgehead atoms. The molecule has 0 aliphatic carbocycles. The number of ether oxygens (including phenoxy) is 2. The van der Waals surface area contributed by atoms with Gasteiger partial charge >= 0.3 is 11.9 Å². The number of allylic oxidation sites excluding steroid dienone is 4. The second-order valence-corrected chi connectivity index (χ2v) is 8.00. The van der Waals surface area contributed by atoms with Crippen LogP contribution in [0.25, 0.3) is 6.08 Å². The van der Waals surface area contributed by atoms with Crippen LogP contribution in [0.4, 0.5) is 5.69 Å². The largest absolute Gasteiger partial charge is 0.463 e. The first-order chi connectivity index (χ1) is 17.3. The summed E-state index contributed by atoms with van der Waals surface area (Å²) >= 11 is 0. The number of hydrogen-bond acceptors (Lipinski definition) is 7. The molecule has 2 aromatic rings. The Morgan fingerprint density at radius 1 is 0.972 bits per heavy atom.